The van der Waals surface area contributed by atoms with Crippen molar-refractivity contribution in [1.82, 2.24) is 9.13 Å². The summed E-state index contributed by atoms with van der Waals surface area (Å²) < 4.78 is 2.12. The summed E-state index contributed by atoms with van der Waals surface area (Å²) in [6, 6.07) is 8.97. The number of benzene rings is 1. The smallest absolute Gasteiger partial charge is 0.332 e. The second-order valence-electron chi connectivity index (χ2n) is 5.99. The van der Waals surface area contributed by atoms with Crippen molar-refractivity contribution >= 4 is 11.5 Å². The van der Waals surface area contributed by atoms with Crippen LogP contribution in [0.5, 0.6) is 0 Å². The highest BCUT2D eigenvalue weighted by molar-refractivity contribution is 5.62. The van der Waals surface area contributed by atoms with Gasteiger partial charge in [-0.2, -0.15) is 5.26 Å². The molecule has 0 aliphatic carbocycles. The van der Waals surface area contributed by atoms with E-state index in [-0.39, 0.29) is 11.5 Å². The molecule has 7 heteroatoms. The summed E-state index contributed by atoms with van der Waals surface area (Å²) >= 11 is 0. The fourth-order valence-electron chi connectivity index (χ4n) is 2.40. The fourth-order valence-corrected chi connectivity index (χ4v) is 2.40. The number of nitrogen functional groups attached to an aromatic ring is 1. The highest BCUT2D eigenvalue weighted by atomic mass is 16.2. The number of nitriles is 1. The van der Waals surface area contributed by atoms with Crippen LogP contribution in [0, 0.1) is 11.3 Å². The Morgan fingerprint density at radius 2 is 1.62 bits per heavy atom. The van der Waals surface area contributed by atoms with Crippen molar-refractivity contribution in [3.05, 3.63) is 56.2 Å². The minimum Gasteiger partial charge on any atom is -0.383 e. The fraction of sp³-hybridized carbons (Fsp3) is 0.353. The average molecular weight is 327 g/mol. The van der Waals surface area contributed by atoms with Crippen molar-refractivity contribution in [2.75, 3.05) is 11.1 Å². The molecule has 0 fully saturated rings. The molecule has 0 amide bonds. The van der Waals surface area contributed by atoms with Gasteiger partial charge in [0.25, 0.3) is 5.56 Å². The number of hydrogen-bond donors (Lipinski definition) is 2. The van der Waals surface area contributed by atoms with Crippen LogP contribution in [0.1, 0.15) is 36.9 Å². The molecule has 0 aliphatic rings. The first-order valence-corrected chi connectivity index (χ1v) is 7.59. The lowest BCUT2D eigenvalue weighted by atomic mass is 9.99. The van der Waals surface area contributed by atoms with E-state index < -0.39 is 17.3 Å². The molecule has 24 heavy (non-hydrogen) atoms. The molecule has 0 radical (unpaired) electrons. The zero-order chi connectivity index (χ0) is 18.0. The van der Waals surface area contributed by atoms with Crippen LogP contribution in [0.4, 0.5) is 11.5 Å². The van der Waals surface area contributed by atoms with Crippen LogP contribution in [-0.4, -0.2) is 9.13 Å². The van der Waals surface area contributed by atoms with Gasteiger partial charge in [0.15, 0.2) is 0 Å². The number of anilines is 2. The summed E-state index contributed by atoms with van der Waals surface area (Å²) in [5, 5.41) is 12.3. The predicted octanol–water partition coefficient (Wildman–Crippen LogP) is 1.47. The summed E-state index contributed by atoms with van der Waals surface area (Å²) in [6.45, 7) is 4.17. The normalized spacial score (nSPS) is 12.0. The predicted molar refractivity (Wildman–Crippen MR) is 93.8 cm³/mol. The molecule has 2 rings (SSSR count). The van der Waals surface area contributed by atoms with E-state index in [0.29, 0.717) is 5.92 Å². The monoisotopic (exact) mass is 327 g/mol. The summed E-state index contributed by atoms with van der Waals surface area (Å²) in [5.74, 6) is 0.390. The van der Waals surface area contributed by atoms with Gasteiger partial charge in [-0.15, -0.1) is 0 Å². The molecule has 1 aromatic heterocycles. The third kappa shape index (κ3) is 3.04. The molecule has 1 heterocycles. The maximum Gasteiger partial charge on any atom is 0.332 e. The van der Waals surface area contributed by atoms with Crippen LogP contribution in [0.15, 0.2) is 33.9 Å². The van der Waals surface area contributed by atoms with E-state index >= 15 is 0 Å². The molecular weight excluding hydrogens is 306 g/mol. The molecule has 2 aromatic rings. The molecule has 7 nitrogen and oxygen atoms in total. The zero-order valence-corrected chi connectivity index (χ0v) is 14.2. The van der Waals surface area contributed by atoms with E-state index in [1.165, 1.54) is 18.7 Å². The van der Waals surface area contributed by atoms with Gasteiger partial charge in [0, 0.05) is 14.1 Å². The van der Waals surface area contributed by atoms with Gasteiger partial charge in [0.05, 0.1) is 6.07 Å². The summed E-state index contributed by atoms with van der Waals surface area (Å²) in [5.41, 5.74) is 6.72. The molecule has 1 unspecified atom stereocenters. The van der Waals surface area contributed by atoms with E-state index in [1.54, 1.807) is 0 Å². The topological polar surface area (TPSA) is 106 Å². The van der Waals surface area contributed by atoms with Crippen LogP contribution < -0.4 is 22.3 Å². The largest absolute Gasteiger partial charge is 0.383 e. The SMILES string of the molecule is CC(C)c1ccc(C(C#N)Nc2c(N)n(C)c(=O)n(C)c2=O)cc1. The zero-order valence-electron chi connectivity index (χ0n) is 14.2. The second-order valence-corrected chi connectivity index (χ2v) is 5.99. The molecule has 126 valence electrons. The van der Waals surface area contributed by atoms with Crippen LogP contribution >= 0.6 is 0 Å². The van der Waals surface area contributed by atoms with E-state index in [1.807, 2.05) is 24.3 Å². The van der Waals surface area contributed by atoms with Crippen molar-refractivity contribution in [3.8, 4) is 6.07 Å². The lowest BCUT2D eigenvalue weighted by Crippen LogP contribution is -2.40. The first kappa shape index (κ1) is 17.3. The third-order valence-electron chi connectivity index (χ3n) is 4.06. The Balaban J connectivity index is 2.44. The van der Waals surface area contributed by atoms with Gasteiger partial charge in [-0.05, 0) is 17.0 Å². The molecule has 0 spiro atoms. The molecule has 0 bridgehead atoms. The Morgan fingerprint density at radius 3 is 2.12 bits per heavy atom. The Labute approximate surface area is 140 Å². The first-order chi connectivity index (χ1) is 11.3. The minimum absolute atomic E-state index is 0.00199. The maximum atomic E-state index is 12.3. The van der Waals surface area contributed by atoms with E-state index in [0.717, 1.165) is 15.7 Å². The molecule has 3 N–H and O–H groups in total. The van der Waals surface area contributed by atoms with Gasteiger partial charge < -0.3 is 11.1 Å². The van der Waals surface area contributed by atoms with Crippen molar-refractivity contribution in [2.45, 2.75) is 25.8 Å². The summed E-state index contributed by atoms with van der Waals surface area (Å²) in [4.78, 5) is 24.1. The van der Waals surface area contributed by atoms with Crippen LogP contribution in [0.2, 0.25) is 0 Å². The molecule has 0 aliphatic heterocycles. The minimum atomic E-state index is -0.751. The van der Waals surface area contributed by atoms with Crippen LogP contribution in [0.25, 0.3) is 0 Å². The van der Waals surface area contributed by atoms with E-state index in [9.17, 15) is 14.9 Å². The van der Waals surface area contributed by atoms with Gasteiger partial charge >= 0.3 is 5.69 Å². The Hall–Kier alpha value is -3.01. The first-order valence-electron chi connectivity index (χ1n) is 7.59. The molecule has 0 saturated carbocycles. The molecule has 1 aromatic carbocycles. The van der Waals surface area contributed by atoms with Gasteiger partial charge in [-0.25, -0.2) is 4.79 Å². The van der Waals surface area contributed by atoms with Gasteiger partial charge in [-0.1, -0.05) is 38.1 Å². The number of nitrogens with two attached hydrogens (primary N) is 1. The average Bonchev–Trinajstić information content (AvgIpc) is 2.58. The van der Waals surface area contributed by atoms with Crippen molar-refractivity contribution in [1.29, 1.82) is 5.26 Å². The molecule has 0 saturated heterocycles. The van der Waals surface area contributed by atoms with E-state index in [2.05, 4.69) is 25.2 Å². The highest BCUT2D eigenvalue weighted by Crippen LogP contribution is 2.22. The van der Waals surface area contributed by atoms with E-state index in [4.69, 9.17) is 5.73 Å². The van der Waals surface area contributed by atoms with Crippen molar-refractivity contribution in [2.24, 2.45) is 14.1 Å². The Kier molecular flexibility index (Phi) is 4.79. The van der Waals surface area contributed by atoms with Gasteiger partial charge in [0.1, 0.15) is 17.5 Å². The third-order valence-corrected chi connectivity index (χ3v) is 4.06. The molecular formula is C17H21N5O2. The molecule has 1 atom stereocenters. The second kappa shape index (κ2) is 6.62. The number of aromatic nitrogens is 2. The lowest BCUT2D eigenvalue weighted by Gasteiger charge is -2.17. The summed E-state index contributed by atoms with van der Waals surface area (Å²) in [7, 11) is 2.84. The quantitative estimate of drug-likeness (QED) is 0.884. The van der Waals surface area contributed by atoms with Crippen LogP contribution in [-0.2, 0) is 14.1 Å². The number of nitrogens with one attached hydrogen (secondary N) is 1. The number of nitrogens with zero attached hydrogens (tertiary/aromatic N) is 3. The van der Waals surface area contributed by atoms with Crippen molar-refractivity contribution < 1.29 is 0 Å². The van der Waals surface area contributed by atoms with Crippen molar-refractivity contribution in [3.63, 3.8) is 0 Å². The van der Waals surface area contributed by atoms with Gasteiger partial charge in [0.2, 0.25) is 0 Å². The lowest BCUT2D eigenvalue weighted by molar-refractivity contribution is 0.694. The summed E-state index contributed by atoms with van der Waals surface area (Å²) in [6.07, 6.45) is 0. The standard InChI is InChI=1S/C17H21N5O2/c1-10(2)11-5-7-12(8-6-11)13(9-18)20-14-15(19)21(3)17(24)22(4)16(14)23/h5-8,10,13,20H,19H2,1-4H3. The van der Waals surface area contributed by atoms with Gasteiger partial charge in [-0.3, -0.25) is 13.9 Å². The number of rotatable bonds is 4. The Bertz CT molecular complexity index is 901. The number of hydrogen-bond acceptors (Lipinski definition) is 5. The van der Waals surface area contributed by atoms with Crippen LogP contribution in [0.3, 0.4) is 0 Å². The highest BCUT2D eigenvalue weighted by Gasteiger charge is 2.18. The Morgan fingerprint density at radius 1 is 1.08 bits per heavy atom. The maximum absolute atomic E-state index is 12.3.